The molecule has 100 valence electrons. The first-order chi connectivity index (χ1) is 8.49. The first-order valence-corrected chi connectivity index (χ1v) is 6.65. The molecule has 0 spiro atoms. The molecule has 4 heteroatoms. The average Bonchev–Trinajstić information content (AvgIpc) is 2.36. The molecule has 0 aliphatic carbocycles. The molecule has 0 aromatic heterocycles. The Hall–Kier alpha value is -1.22. The molecule has 1 aromatic carbocycles. The lowest BCUT2D eigenvalue weighted by atomic mass is 10.1. The van der Waals surface area contributed by atoms with Crippen LogP contribution in [0.5, 0.6) is 0 Å². The van der Waals surface area contributed by atoms with Gasteiger partial charge in [-0.2, -0.15) is 0 Å². The summed E-state index contributed by atoms with van der Waals surface area (Å²) in [7, 11) is 3.44. The maximum Gasteiger partial charge on any atom is 0.254 e. The Kier molecular flexibility index (Phi) is 5.48. The van der Waals surface area contributed by atoms with Crippen molar-refractivity contribution in [2.24, 2.45) is 0 Å². The van der Waals surface area contributed by atoms with Gasteiger partial charge in [-0.15, -0.1) is 0 Å². The summed E-state index contributed by atoms with van der Waals surface area (Å²) < 4.78 is 0. The van der Waals surface area contributed by atoms with Crippen molar-refractivity contribution in [3.63, 3.8) is 0 Å². The number of carbonyl (C=O) groups excluding carboxylic acids is 1. The van der Waals surface area contributed by atoms with Gasteiger partial charge in [0.05, 0.1) is 10.6 Å². The Morgan fingerprint density at radius 2 is 1.94 bits per heavy atom. The highest BCUT2D eigenvalue weighted by Crippen LogP contribution is 2.22. The van der Waals surface area contributed by atoms with Crippen LogP contribution in [-0.2, 0) is 0 Å². The monoisotopic (exact) mass is 268 g/mol. The van der Waals surface area contributed by atoms with E-state index in [1.807, 2.05) is 12.1 Å². The van der Waals surface area contributed by atoms with Crippen molar-refractivity contribution < 1.29 is 4.79 Å². The highest BCUT2D eigenvalue weighted by atomic mass is 35.5. The van der Waals surface area contributed by atoms with E-state index in [1.54, 1.807) is 20.2 Å². The number of benzene rings is 1. The fraction of sp³-hybridized carbons (Fsp3) is 0.500. The molecule has 0 fully saturated rings. The van der Waals surface area contributed by atoms with Crippen molar-refractivity contribution >= 4 is 23.2 Å². The minimum absolute atomic E-state index is 0.0757. The minimum Gasteiger partial charge on any atom is -0.382 e. The molecule has 0 heterocycles. The number of halogens is 1. The molecule has 0 saturated heterocycles. The SMILES string of the molecule is CCC(CC)Nc1ccc(Cl)c(C(=O)N(C)C)c1. The predicted octanol–water partition coefficient (Wildman–Crippen LogP) is 3.64. The molecule has 1 aromatic rings. The van der Waals surface area contributed by atoms with Gasteiger partial charge in [0.1, 0.15) is 0 Å². The van der Waals surface area contributed by atoms with Crippen molar-refractivity contribution in [3.8, 4) is 0 Å². The first kappa shape index (κ1) is 14.8. The van der Waals surface area contributed by atoms with Crippen LogP contribution < -0.4 is 5.32 Å². The zero-order valence-corrected chi connectivity index (χ0v) is 12.2. The van der Waals surface area contributed by atoms with Crippen molar-refractivity contribution in [2.75, 3.05) is 19.4 Å². The van der Waals surface area contributed by atoms with Gasteiger partial charge in [0.25, 0.3) is 5.91 Å². The maximum atomic E-state index is 12.0. The molecule has 0 saturated carbocycles. The number of nitrogens with zero attached hydrogens (tertiary/aromatic N) is 1. The van der Waals surface area contributed by atoms with Gasteiger partial charge >= 0.3 is 0 Å². The minimum atomic E-state index is -0.0757. The summed E-state index contributed by atoms with van der Waals surface area (Å²) >= 11 is 6.06. The number of hydrogen-bond acceptors (Lipinski definition) is 2. The second-order valence-corrected chi connectivity index (χ2v) is 4.96. The normalized spacial score (nSPS) is 10.6. The molecule has 3 nitrogen and oxygen atoms in total. The smallest absolute Gasteiger partial charge is 0.254 e. The summed E-state index contributed by atoms with van der Waals surface area (Å²) in [6.45, 7) is 4.28. The molecule has 0 unspecified atom stereocenters. The van der Waals surface area contributed by atoms with E-state index in [1.165, 1.54) is 4.90 Å². The van der Waals surface area contributed by atoms with Crippen LogP contribution in [0, 0.1) is 0 Å². The van der Waals surface area contributed by atoms with E-state index in [2.05, 4.69) is 19.2 Å². The van der Waals surface area contributed by atoms with Crippen molar-refractivity contribution in [1.29, 1.82) is 0 Å². The molecule has 1 rings (SSSR count). The second-order valence-electron chi connectivity index (χ2n) is 4.55. The second kappa shape index (κ2) is 6.64. The van der Waals surface area contributed by atoms with E-state index in [9.17, 15) is 4.79 Å². The van der Waals surface area contributed by atoms with E-state index in [0.717, 1.165) is 18.5 Å². The number of carbonyl (C=O) groups is 1. The summed E-state index contributed by atoms with van der Waals surface area (Å²) in [5, 5.41) is 3.90. The van der Waals surface area contributed by atoms with Gasteiger partial charge in [0.2, 0.25) is 0 Å². The van der Waals surface area contributed by atoms with Crippen LogP contribution in [-0.4, -0.2) is 30.9 Å². The average molecular weight is 269 g/mol. The third kappa shape index (κ3) is 3.64. The number of amides is 1. The van der Waals surface area contributed by atoms with Crippen molar-refractivity contribution in [1.82, 2.24) is 4.90 Å². The molecule has 0 bridgehead atoms. The number of nitrogens with one attached hydrogen (secondary N) is 1. The van der Waals surface area contributed by atoms with Gasteiger partial charge < -0.3 is 10.2 Å². The number of anilines is 1. The lowest BCUT2D eigenvalue weighted by molar-refractivity contribution is 0.0828. The van der Waals surface area contributed by atoms with E-state index in [0.29, 0.717) is 16.6 Å². The van der Waals surface area contributed by atoms with Crippen molar-refractivity contribution in [3.05, 3.63) is 28.8 Å². The third-order valence-corrected chi connectivity index (χ3v) is 3.29. The topological polar surface area (TPSA) is 32.3 Å². The largest absolute Gasteiger partial charge is 0.382 e. The predicted molar refractivity (Wildman–Crippen MR) is 77.5 cm³/mol. The van der Waals surface area contributed by atoms with Gasteiger partial charge in [-0.25, -0.2) is 0 Å². The van der Waals surface area contributed by atoms with E-state index in [4.69, 9.17) is 11.6 Å². The fourth-order valence-corrected chi connectivity index (χ4v) is 1.95. The van der Waals surface area contributed by atoms with Gasteiger partial charge in [0, 0.05) is 25.8 Å². The van der Waals surface area contributed by atoms with Crippen LogP contribution in [0.1, 0.15) is 37.0 Å². The highest BCUT2D eigenvalue weighted by molar-refractivity contribution is 6.34. The molecule has 0 aliphatic heterocycles. The molecule has 1 N–H and O–H groups in total. The zero-order chi connectivity index (χ0) is 13.7. The highest BCUT2D eigenvalue weighted by Gasteiger charge is 2.13. The molecule has 0 atom stereocenters. The van der Waals surface area contributed by atoms with Crippen LogP contribution in [0.15, 0.2) is 18.2 Å². The molecule has 18 heavy (non-hydrogen) atoms. The van der Waals surface area contributed by atoms with Crippen LogP contribution in [0.2, 0.25) is 5.02 Å². The van der Waals surface area contributed by atoms with Gasteiger partial charge in [0.15, 0.2) is 0 Å². The number of rotatable bonds is 5. The molecule has 1 amide bonds. The molecule has 0 radical (unpaired) electrons. The van der Waals surface area contributed by atoms with Gasteiger partial charge in [-0.3, -0.25) is 4.79 Å². The lowest BCUT2D eigenvalue weighted by Crippen LogP contribution is -2.22. The summed E-state index contributed by atoms with van der Waals surface area (Å²) in [5.41, 5.74) is 1.48. The quantitative estimate of drug-likeness (QED) is 0.884. The van der Waals surface area contributed by atoms with Crippen LogP contribution in [0.3, 0.4) is 0 Å². The molecular weight excluding hydrogens is 248 g/mol. The molecule has 0 aliphatic rings. The van der Waals surface area contributed by atoms with E-state index >= 15 is 0 Å². The summed E-state index contributed by atoms with van der Waals surface area (Å²) in [5.74, 6) is -0.0757. The van der Waals surface area contributed by atoms with Crippen molar-refractivity contribution in [2.45, 2.75) is 32.7 Å². The molecular formula is C14H21ClN2O. The van der Waals surface area contributed by atoms with E-state index < -0.39 is 0 Å². The van der Waals surface area contributed by atoms with Gasteiger partial charge in [-0.05, 0) is 31.0 Å². The van der Waals surface area contributed by atoms with Crippen LogP contribution in [0.4, 0.5) is 5.69 Å². The third-order valence-electron chi connectivity index (χ3n) is 2.96. The maximum absolute atomic E-state index is 12.0. The first-order valence-electron chi connectivity index (χ1n) is 6.27. The number of hydrogen-bond donors (Lipinski definition) is 1. The summed E-state index contributed by atoms with van der Waals surface area (Å²) in [6.07, 6.45) is 2.10. The summed E-state index contributed by atoms with van der Waals surface area (Å²) in [4.78, 5) is 13.5. The standard InChI is InChI=1S/C14H21ClN2O/c1-5-10(6-2)16-11-7-8-13(15)12(9-11)14(18)17(3)4/h7-10,16H,5-6H2,1-4H3. The lowest BCUT2D eigenvalue weighted by Gasteiger charge is -2.18. The Labute approximate surface area is 114 Å². The Morgan fingerprint density at radius 1 is 1.33 bits per heavy atom. The Bertz CT molecular complexity index is 414. The summed E-state index contributed by atoms with van der Waals surface area (Å²) in [6, 6.07) is 5.92. The van der Waals surface area contributed by atoms with Gasteiger partial charge in [-0.1, -0.05) is 25.4 Å². The van der Waals surface area contributed by atoms with E-state index in [-0.39, 0.29) is 5.91 Å². The zero-order valence-electron chi connectivity index (χ0n) is 11.5. The van der Waals surface area contributed by atoms with Crippen LogP contribution >= 0.6 is 11.6 Å². The Morgan fingerprint density at radius 3 is 2.44 bits per heavy atom. The van der Waals surface area contributed by atoms with Crippen LogP contribution in [0.25, 0.3) is 0 Å². The fourth-order valence-electron chi connectivity index (χ4n) is 1.75. The Balaban J connectivity index is 2.97.